The largest absolute Gasteiger partial charge is 0.454 e. The number of rotatable bonds is 4. The lowest BCUT2D eigenvalue weighted by Crippen LogP contribution is -2.12. The number of nitrogens with zero attached hydrogens (tertiary/aromatic N) is 2. The van der Waals surface area contributed by atoms with Crippen molar-refractivity contribution in [2.24, 2.45) is 0 Å². The fourth-order valence-corrected chi connectivity index (χ4v) is 3.72. The molecule has 0 spiro atoms. The van der Waals surface area contributed by atoms with Gasteiger partial charge in [0.2, 0.25) is 6.79 Å². The lowest BCUT2D eigenvalue weighted by atomic mass is 10.1. The molecule has 0 aliphatic carbocycles. The molecule has 2 aromatic carbocycles. The average Bonchev–Trinajstić information content (AvgIpc) is 3.48. The van der Waals surface area contributed by atoms with Crippen molar-refractivity contribution < 1.29 is 14.3 Å². The number of aromatic nitrogens is 2. The molecular weight excluding hydrogens is 374 g/mol. The van der Waals surface area contributed by atoms with Crippen molar-refractivity contribution in [1.29, 1.82) is 0 Å². The predicted octanol–water partition coefficient (Wildman–Crippen LogP) is 4.58. The summed E-state index contributed by atoms with van der Waals surface area (Å²) in [4.78, 5) is 17.2. The first-order chi connectivity index (χ1) is 13.8. The maximum absolute atomic E-state index is 12.6. The fourth-order valence-electron chi connectivity index (χ4n) is 3.00. The Morgan fingerprint density at radius 1 is 1.04 bits per heavy atom. The Morgan fingerprint density at radius 3 is 2.79 bits per heavy atom. The van der Waals surface area contributed by atoms with Gasteiger partial charge in [0.1, 0.15) is 0 Å². The Balaban J connectivity index is 1.35. The monoisotopic (exact) mass is 389 g/mol. The van der Waals surface area contributed by atoms with E-state index in [2.05, 4.69) is 10.3 Å². The van der Waals surface area contributed by atoms with E-state index in [1.54, 1.807) is 6.07 Å². The third kappa shape index (κ3) is 3.12. The molecule has 0 radical (unpaired) electrons. The van der Waals surface area contributed by atoms with Gasteiger partial charge < -0.3 is 14.0 Å². The number of anilines is 1. The molecule has 1 aliphatic heterocycles. The second-order valence-corrected chi connectivity index (χ2v) is 7.06. The Hall–Kier alpha value is -3.58. The minimum atomic E-state index is -0.194. The van der Waals surface area contributed by atoms with Gasteiger partial charge in [0.15, 0.2) is 16.6 Å². The molecule has 0 saturated heterocycles. The van der Waals surface area contributed by atoms with Gasteiger partial charge in [-0.05, 0) is 48.5 Å². The van der Waals surface area contributed by atoms with Crippen molar-refractivity contribution in [2.45, 2.75) is 0 Å². The Morgan fingerprint density at radius 2 is 1.89 bits per heavy atom. The summed E-state index contributed by atoms with van der Waals surface area (Å²) in [6.07, 6.45) is 3.88. The molecule has 28 heavy (non-hydrogen) atoms. The van der Waals surface area contributed by atoms with E-state index < -0.39 is 0 Å². The molecule has 3 heterocycles. The van der Waals surface area contributed by atoms with Crippen molar-refractivity contribution >= 4 is 22.4 Å². The molecule has 1 amide bonds. The fraction of sp³-hybridized carbons (Fsp3) is 0.0476. The van der Waals surface area contributed by atoms with Crippen LogP contribution in [0.4, 0.5) is 5.13 Å². The lowest BCUT2D eigenvalue weighted by Gasteiger charge is -2.06. The zero-order valence-electron chi connectivity index (χ0n) is 14.7. The highest BCUT2D eigenvalue weighted by Gasteiger charge is 2.16. The van der Waals surface area contributed by atoms with Crippen LogP contribution in [-0.4, -0.2) is 22.3 Å². The number of hydrogen-bond acceptors (Lipinski definition) is 5. The van der Waals surface area contributed by atoms with Gasteiger partial charge >= 0.3 is 0 Å². The summed E-state index contributed by atoms with van der Waals surface area (Å²) in [7, 11) is 0. The van der Waals surface area contributed by atoms with Crippen LogP contribution in [0.15, 0.2) is 72.4 Å². The summed E-state index contributed by atoms with van der Waals surface area (Å²) < 4.78 is 12.7. The van der Waals surface area contributed by atoms with Gasteiger partial charge in [-0.1, -0.05) is 6.07 Å². The first-order valence-electron chi connectivity index (χ1n) is 8.66. The molecule has 4 aromatic rings. The van der Waals surface area contributed by atoms with E-state index in [1.165, 1.54) is 11.3 Å². The van der Waals surface area contributed by atoms with Gasteiger partial charge in [0, 0.05) is 34.6 Å². The van der Waals surface area contributed by atoms with Crippen molar-refractivity contribution in [3.63, 3.8) is 0 Å². The van der Waals surface area contributed by atoms with Crippen LogP contribution in [0.3, 0.4) is 0 Å². The maximum Gasteiger partial charge on any atom is 0.257 e. The molecular formula is C21H15N3O3S. The van der Waals surface area contributed by atoms with E-state index in [0.717, 1.165) is 22.7 Å². The molecule has 0 unspecified atom stereocenters. The summed E-state index contributed by atoms with van der Waals surface area (Å²) in [6.45, 7) is 0.235. The minimum Gasteiger partial charge on any atom is -0.454 e. The quantitative estimate of drug-likeness (QED) is 0.555. The number of carbonyl (C=O) groups is 1. The third-order valence-electron chi connectivity index (χ3n) is 4.40. The Labute approximate surface area is 165 Å². The summed E-state index contributed by atoms with van der Waals surface area (Å²) in [6, 6.07) is 17.0. The molecule has 0 bridgehead atoms. The molecule has 1 N–H and O–H groups in total. The standard InChI is InChI=1S/C21H15N3O3S/c25-20(15-4-3-5-16(10-15)24-8-1-2-9-24)23-21-22-17(12-28-21)14-6-7-18-19(11-14)27-13-26-18/h1-12H,13H2,(H,22,23,25). The first kappa shape index (κ1) is 16.6. The molecule has 138 valence electrons. The van der Waals surface area contributed by atoms with E-state index in [-0.39, 0.29) is 12.7 Å². The molecule has 5 rings (SSSR count). The van der Waals surface area contributed by atoms with Gasteiger partial charge in [-0.2, -0.15) is 0 Å². The number of nitrogens with one attached hydrogen (secondary N) is 1. The van der Waals surface area contributed by atoms with Crippen LogP contribution in [0.25, 0.3) is 16.9 Å². The van der Waals surface area contributed by atoms with Crippen molar-refractivity contribution in [1.82, 2.24) is 9.55 Å². The van der Waals surface area contributed by atoms with Crippen LogP contribution in [0.5, 0.6) is 11.5 Å². The van der Waals surface area contributed by atoms with Gasteiger partial charge in [0.25, 0.3) is 5.91 Å². The average molecular weight is 389 g/mol. The van der Waals surface area contributed by atoms with E-state index in [0.29, 0.717) is 16.4 Å². The van der Waals surface area contributed by atoms with Crippen molar-refractivity contribution in [3.05, 3.63) is 77.9 Å². The number of fused-ring (bicyclic) bond motifs is 1. The topological polar surface area (TPSA) is 65.4 Å². The van der Waals surface area contributed by atoms with Crippen LogP contribution < -0.4 is 14.8 Å². The second-order valence-electron chi connectivity index (χ2n) is 6.20. The van der Waals surface area contributed by atoms with E-state index in [1.807, 2.05) is 70.9 Å². The number of thiazole rings is 1. The zero-order valence-corrected chi connectivity index (χ0v) is 15.5. The van der Waals surface area contributed by atoms with Crippen molar-refractivity contribution in [3.8, 4) is 28.4 Å². The molecule has 1 aliphatic rings. The van der Waals surface area contributed by atoms with E-state index >= 15 is 0 Å². The molecule has 7 heteroatoms. The maximum atomic E-state index is 12.6. The normalized spacial score (nSPS) is 12.1. The predicted molar refractivity (Wildman–Crippen MR) is 107 cm³/mol. The molecule has 6 nitrogen and oxygen atoms in total. The molecule has 2 aromatic heterocycles. The van der Waals surface area contributed by atoms with E-state index in [4.69, 9.17) is 9.47 Å². The van der Waals surface area contributed by atoms with E-state index in [9.17, 15) is 4.79 Å². The summed E-state index contributed by atoms with van der Waals surface area (Å²) in [5, 5.41) is 5.33. The molecule has 0 saturated carbocycles. The van der Waals surface area contributed by atoms with Crippen LogP contribution >= 0.6 is 11.3 Å². The Bertz CT molecular complexity index is 1150. The number of benzene rings is 2. The van der Waals surface area contributed by atoms with Gasteiger partial charge in [-0.25, -0.2) is 4.98 Å². The second kappa shape index (κ2) is 6.86. The van der Waals surface area contributed by atoms with Gasteiger partial charge in [0.05, 0.1) is 5.69 Å². The summed E-state index contributed by atoms with van der Waals surface area (Å²) in [5.74, 6) is 1.24. The van der Waals surface area contributed by atoms with Gasteiger partial charge in [-0.15, -0.1) is 11.3 Å². The number of amides is 1. The number of ether oxygens (including phenoxy) is 2. The number of carbonyl (C=O) groups excluding carboxylic acids is 1. The van der Waals surface area contributed by atoms with Crippen LogP contribution in [-0.2, 0) is 0 Å². The number of hydrogen-bond donors (Lipinski definition) is 1. The minimum absolute atomic E-state index is 0.194. The SMILES string of the molecule is O=C(Nc1nc(-c2ccc3c(c2)OCO3)cs1)c1cccc(-n2cccc2)c1. The summed E-state index contributed by atoms with van der Waals surface area (Å²) >= 11 is 1.38. The highest BCUT2D eigenvalue weighted by atomic mass is 32.1. The van der Waals surface area contributed by atoms with Crippen LogP contribution in [0.1, 0.15) is 10.4 Å². The molecule has 0 fully saturated rings. The highest BCUT2D eigenvalue weighted by Crippen LogP contribution is 2.36. The van der Waals surface area contributed by atoms with Gasteiger partial charge in [-0.3, -0.25) is 10.1 Å². The smallest absolute Gasteiger partial charge is 0.257 e. The van der Waals surface area contributed by atoms with Crippen LogP contribution in [0.2, 0.25) is 0 Å². The lowest BCUT2D eigenvalue weighted by molar-refractivity contribution is 0.102. The first-order valence-corrected chi connectivity index (χ1v) is 9.54. The third-order valence-corrected chi connectivity index (χ3v) is 5.16. The van der Waals surface area contributed by atoms with Crippen LogP contribution in [0, 0.1) is 0 Å². The molecule has 0 atom stereocenters. The van der Waals surface area contributed by atoms with Crippen molar-refractivity contribution in [2.75, 3.05) is 12.1 Å². The Kier molecular flexibility index (Phi) is 4.06. The zero-order chi connectivity index (χ0) is 18.9. The highest BCUT2D eigenvalue weighted by molar-refractivity contribution is 7.14. The summed E-state index contributed by atoms with van der Waals surface area (Å²) in [5.41, 5.74) is 3.19.